The van der Waals surface area contributed by atoms with E-state index in [9.17, 15) is 10.0 Å². The summed E-state index contributed by atoms with van der Waals surface area (Å²) in [6.07, 6.45) is 1.67. The lowest BCUT2D eigenvalue weighted by atomic mass is 10.1. The molecule has 1 fully saturated rings. The highest BCUT2D eigenvalue weighted by molar-refractivity contribution is 8.26. The number of aryl methyl sites for hydroxylation is 1. The van der Waals surface area contributed by atoms with Gasteiger partial charge in [-0.1, -0.05) is 24.0 Å². The van der Waals surface area contributed by atoms with Crippen molar-refractivity contribution in [3.05, 3.63) is 51.8 Å². The molecule has 7 heteroatoms. The molecule has 0 aliphatic carbocycles. The number of nitrogens with one attached hydrogen (secondary N) is 2. The fraction of sp³-hybridized carbons (Fsp3) is 0.125. The van der Waals surface area contributed by atoms with Gasteiger partial charge < -0.3 is 20.0 Å². The van der Waals surface area contributed by atoms with Crippen LogP contribution in [0.5, 0.6) is 0 Å². The van der Waals surface area contributed by atoms with Crippen LogP contribution in [0.1, 0.15) is 11.3 Å². The maximum atomic E-state index is 11.7. The molecule has 1 unspecified atom stereocenters. The van der Waals surface area contributed by atoms with Gasteiger partial charge in [-0.05, 0) is 30.7 Å². The number of quaternary nitrogens is 1. The van der Waals surface area contributed by atoms with Crippen molar-refractivity contribution in [3.63, 3.8) is 0 Å². The Morgan fingerprint density at radius 1 is 1.35 bits per heavy atom. The van der Waals surface area contributed by atoms with E-state index in [-0.39, 0.29) is 11.0 Å². The molecule has 1 aromatic carbocycles. The van der Waals surface area contributed by atoms with E-state index in [0.29, 0.717) is 26.4 Å². The summed E-state index contributed by atoms with van der Waals surface area (Å²) >= 11 is 6.17. The molecule has 1 aliphatic rings. The van der Waals surface area contributed by atoms with Gasteiger partial charge in [0.2, 0.25) is 0 Å². The van der Waals surface area contributed by atoms with Gasteiger partial charge in [0, 0.05) is 23.8 Å². The molecule has 23 heavy (non-hydrogen) atoms. The van der Waals surface area contributed by atoms with Crippen LogP contribution in [0, 0.1) is 12.1 Å². The molecule has 0 radical (unpaired) electrons. The maximum Gasteiger partial charge on any atom is 0.263 e. The van der Waals surface area contributed by atoms with Gasteiger partial charge in [-0.25, -0.2) is 0 Å². The van der Waals surface area contributed by atoms with Gasteiger partial charge in [0.1, 0.15) is 21.5 Å². The van der Waals surface area contributed by atoms with Crippen LogP contribution in [0.2, 0.25) is 0 Å². The van der Waals surface area contributed by atoms with E-state index in [0.717, 1.165) is 11.1 Å². The lowest BCUT2D eigenvalue weighted by molar-refractivity contribution is -0.751. The summed E-state index contributed by atoms with van der Waals surface area (Å²) in [5, 5.41) is 14.0. The van der Waals surface area contributed by atoms with Gasteiger partial charge in [-0.2, -0.15) is 0 Å². The van der Waals surface area contributed by atoms with Crippen molar-refractivity contribution in [3.8, 4) is 11.3 Å². The van der Waals surface area contributed by atoms with Crippen LogP contribution in [-0.4, -0.2) is 17.3 Å². The third-order valence-electron chi connectivity index (χ3n) is 3.44. The topological polar surface area (TPSA) is 69.7 Å². The van der Waals surface area contributed by atoms with Crippen molar-refractivity contribution >= 4 is 46.0 Å². The Labute approximate surface area is 142 Å². The van der Waals surface area contributed by atoms with Crippen molar-refractivity contribution in [2.75, 3.05) is 7.05 Å². The minimum Gasteiger partial charge on any atom is -0.629 e. The van der Waals surface area contributed by atoms with Gasteiger partial charge in [0.15, 0.2) is 0 Å². The fourth-order valence-electron chi connectivity index (χ4n) is 2.28. The van der Waals surface area contributed by atoms with Gasteiger partial charge >= 0.3 is 0 Å². The standard InChI is InChI=1S/C16H14N2O3S2/c1-9-7-10(18(2)20)3-5-12(9)13-6-4-11(21-13)8-14-15(19)17-16(22)23-14/h3-8,18H,1-2H3,(H,17,19,22)/b14-8-. The second kappa shape index (κ2) is 6.29. The zero-order valence-electron chi connectivity index (χ0n) is 12.5. The van der Waals surface area contributed by atoms with Gasteiger partial charge in [0.05, 0.1) is 12.0 Å². The Kier molecular flexibility index (Phi) is 4.36. The van der Waals surface area contributed by atoms with E-state index in [4.69, 9.17) is 16.6 Å². The predicted octanol–water partition coefficient (Wildman–Crippen LogP) is 2.39. The minimum absolute atomic E-state index is 0.0322. The van der Waals surface area contributed by atoms with Crippen LogP contribution in [0.15, 0.2) is 39.7 Å². The normalized spacial score (nSPS) is 17.6. The number of amides is 1. The second-order valence-electron chi connectivity index (χ2n) is 5.14. The number of thioether (sulfide) groups is 1. The molecule has 0 saturated carbocycles. The molecule has 2 N–H and O–H groups in total. The molecule has 1 aliphatic heterocycles. The van der Waals surface area contributed by atoms with Crippen molar-refractivity contribution in [2.24, 2.45) is 0 Å². The second-order valence-corrected chi connectivity index (χ2v) is 6.86. The highest BCUT2D eigenvalue weighted by Gasteiger charge is 2.22. The molecular weight excluding hydrogens is 332 g/mol. The van der Waals surface area contributed by atoms with E-state index < -0.39 is 0 Å². The van der Waals surface area contributed by atoms with Crippen LogP contribution in [0.25, 0.3) is 17.4 Å². The number of thiocarbonyl (C=S) groups is 1. The van der Waals surface area contributed by atoms with E-state index in [1.807, 2.05) is 25.1 Å². The molecule has 3 rings (SSSR count). The van der Waals surface area contributed by atoms with E-state index in [2.05, 4.69) is 5.32 Å². The zero-order chi connectivity index (χ0) is 16.6. The smallest absolute Gasteiger partial charge is 0.263 e. The highest BCUT2D eigenvalue weighted by Crippen LogP contribution is 2.30. The lowest BCUT2D eigenvalue weighted by Gasteiger charge is -2.16. The van der Waals surface area contributed by atoms with Crippen LogP contribution in [0.3, 0.4) is 0 Å². The average Bonchev–Trinajstić information content (AvgIpc) is 3.06. The number of hydroxylamine groups is 1. The van der Waals surface area contributed by atoms with E-state index in [1.54, 1.807) is 25.3 Å². The summed E-state index contributed by atoms with van der Waals surface area (Å²) in [6, 6.07) is 9.14. The number of carbonyl (C=O) groups excluding carboxylic acids is 1. The Morgan fingerprint density at radius 3 is 2.74 bits per heavy atom. The lowest BCUT2D eigenvalue weighted by Crippen LogP contribution is -2.98. The molecule has 0 spiro atoms. The molecule has 1 saturated heterocycles. The third-order valence-corrected chi connectivity index (χ3v) is 4.60. The summed E-state index contributed by atoms with van der Waals surface area (Å²) in [6.45, 7) is 1.93. The molecule has 2 aromatic rings. The first-order valence-electron chi connectivity index (χ1n) is 6.90. The molecule has 2 heterocycles. The van der Waals surface area contributed by atoms with Crippen LogP contribution < -0.4 is 10.4 Å². The first kappa shape index (κ1) is 15.9. The van der Waals surface area contributed by atoms with Crippen molar-refractivity contribution < 1.29 is 14.3 Å². The number of hydrogen-bond donors (Lipinski definition) is 2. The highest BCUT2D eigenvalue weighted by atomic mass is 32.2. The summed E-state index contributed by atoms with van der Waals surface area (Å²) in [5.41, 5.74) is 2.55. The van der Waals surface area contributed by atoms with Gasteiger partial charge in [-0.3, -0.25) is 4.79 Å². The summed E-state index contributed by atoms with van der Waals surface area (Å²) in [7, 11) is 1.54. The molecule has 118 valence electrons. The number of benzene rings is 1. The quantitative estimate of drug-likeness (QED) is 0.507. The predicted molar refractivity (Wildman–Crippen MR) is 95.1 cm³/mol. The van der Waals surface area contributed by atoms with Gasteiger partial charge in [0.25, 0.3) is 5.91 Å². The molecule has 5 nitrogen and oxygen atoms in total. The van der Waals surface area contributed by atoms with E-state index >= 15 is 0 Å². The number of hydrogen-bond acceptors (Lipinski definition) is 5. The molecule has 1 amide bonds. The maximum absolute atomic E-state index is 11.7. The van der Waals surface area contributed by atoms with Crippen molar-refractivity contribution in [2.45, 2.75) is 6.92 Å². The largest absolute Gasteiger partial charge is 0.629 e. The SMILES string of the molecule is Cc1cc([NH+](C)[O-])ccc1-c1ccc(/C=C2\SC(=S)NC2=O)o1. The third kappa shape index (κ3) is 3.37. The monoisotopic (exact) mass is 346 g/mol. The number of rotatable bonds is 3. The van der Waals surface area contributed by atoms with Crippen molar-refractivity contribution in [1.29, 1.82) is 0 Å². The minimum atomic E-state index is -0.208. The Morgan fingerprint density at radius 2 is 2.13 bits per heavy atom. The summed E-state index contributed by atoms with van der Waals surface area (Å²) in [5.74, 6) is 1.06. The number of furan rings is 1. The van der Waals surface area contributed by atoms with Crippen LogP contribution in [-0.2, 0) is 4.79 Å². The zero-order valence-corrected chi connectivity index (χ0v) is 14.1. The average molecular weight is 346 g/mol. The van der Waals surface area contributed by atoms with Crippen LogP contribution in [0.4, 0.5) is 5.69 Å². The Bertz CT molecular complexity index is 824. The number of carbonyl (C=O) groups is 1. The fourth-order valence-corrected chi connectivity index (χ4v) is 3.31. The molecule has 1 aromatic heterocycles. The Hall–Kier alpha value is -1.93. The van der Waals surface area contributed by atoms with Gasteiger partial charge in [-0.15, -0.1) is 0 Å². The van der Waals surface area contributed by atoms with E-state index in [1.165, 1.54) is 11.8 Å². The summed E-state index contributed by atoms with van der Waals surface area (Å²) < 4.78 is 6.25. The van der Waals surface area contributed by atoms with Crippen molar-refractivity contribution in [1.82, 2.24) is 5.32 Å². The summed E-state index contributed by atoms with van der Waals surface area (Å²) in [4.78, 5) is 12.2. The first-order valence-corrected chi connectivity index (χ1v) is 8.13. The van der Waals surface area contributed by atoms with Crippen LogP contribution >= 0.6 is 24.0 Å². The first-order chi connectivity index (χ1) is 10.9. The Balaban J connectivity index is 1.89. The molecular formula is C16H14N2O3S2. The molecule has 1 atom stereocenters. The molecule has 0 bridgehead atoms.